The van der Waals surface area contributed by atoms with Crippen molar-refractivity contribution in [2.75, 3.05) is 0 Å². The molecule has 3 rings (SSSR count). The van der Waals surface area contributed by atoms with Crippen LogP contribution >= 0.6 is 27.5 Å². The van der Waals surface area contributed by atoms with Gasteiger partial charge in [0.05, 0.1) is 12.3 Å². The maximum absolute atomic E-state index is 9.60. The van der Waals surface area contributed by atoms with Gasteiger partial charge in [-0.3, -0.25) is 0 Å². The molecule has 0 radical (unpaired) electrons. The molecule has 106 valence electrons. The van der Waals surface area contributed by atoms with Crippen molar-refractivity contribution in [2.45, 2.75) is 38.2 Å². The van der Waals surface area contributed by atoms with Crippen LogP contribution < -0.4 is 0 Å². The lowest BCUT2D eigenvalue weighted by atomic mass is 10.0. The number of aromatic nitrogens is 3. The Balaban J connectivity index is 2.05. The summed E-state index contributed by atoms with van der Waals surface area (Å²) in [5, 5.41) is 14.7. The summed E-state index contributed by atoms with van der Waals surface area (Å²) in [7, 11) is 0. The Kier molecular flexibility index (Phi) is 4.10. The molecule has 0 unspecified atom stereocenters. The molecule has 0 amide bonds. The minimum atomic E-state index is -0.0821. The third kappa shape index (κ3) is 2.50. The Morgan fingerprint density at radius 2 is 2.10 bits per heavy atom. The molecule has 0 aromatic carbocycles. The Bertz CT molecular complexity index is 606. The molecule has 2 aromatic heterocycles. The number of hydrogen-bond donors (Lipinski definition) is 1. The van der Waals surface area contributed by atoms with Gasteiger partial charge in [-0.2, -0.15) is 5.10 Å². The van der Waals surface area contributed by atoms with Crippen molar-refractivity contribution in [1.82, 2.24) is 14.8 Å². The Morgan fingerprint density at radius 3 is 2.70 bits per heavy atom. The van der Waals surface area contributed by atoms with E-state index >= 15 is 0 Å². The van der Waals surface area contributed by atoms with Crippen LogP contribution in [0, 0.1) is 0 Å². The first-order valence-corrected chi connectivity index (χ1v) is 7.88. The summed E-state index contributed by atoms with van der Waals surface area (Å²) in [5.41, 5.74) is 1.67. The molecule has 0 saturated heterocycles. The van der Waals surface area contributed by atoms with Crippen molar-refractivity contribution in [3.63, 3.8) is 0 Å². The minimum absolute atomic E-state index is 0.0821. The Labute approximate surface area is 130 Å². The van der Waals surface area contributed by atoms with E-state index in [0.29, 0.717) is 16.9 Å². The standard InChI is InChI=1S/C14H15BrClN3O/c15-10-5-6-12(17-7-10)19-14(16)11(8-20)13(18-19)9-3-1-2-4-9/h5-7,9,20H,1-4,8H2. The SMILES string of the molecule is OCc1c(C2CCCC2)nn(-c2ccc(Br)cn2)c1Cl. The van der Waals surface area contributed by atoms with E-state index in [1.54, 1.807) is 10.9 Å². The van der Waals surface area contributed by atoms with Crippen LogP contribution in [-0.2, 0) is 6.61 Å². The smallest absolute Gasteiger partial charge is 0.155 e. The van der Waals surface area contributed by atoms with Gasteiger partial charge in [-0.15, -0.1) is 0 Å². The first-order chi connectivity index (χ1) is 9.70. The van der Waals surface area contributed by atoms with Crippen LogP contribution in [0.25, 0.3) is 5.82 Å². The van der Waals surface area contributed by atoms with Crippen LogP contribution in [0.2, 0.25) is 5.15 Å². The molecule has 1 fully saturated rings. The maximum atomic E-state index is 9.60. The van der Waals surface area contributed by atoms with Crippen LogP contribution in [0.3, 0.4) is 0 Å². The van der Waals surface area contributed by atoms with Crippen molar-refractivity contribution >= 4 is 27.5 Å². The summed E-state index contributed by atoms with van der Waals surface area (Å²) in [6.45, 7) is -0.0821. The number of aliphatic hydroxyl groups is 1. The molecule has 1 aliphatic rings. The highest BCUT2D eigenvalue weighted by atomic mass is 79.9. The van der Waals surface area contributed by atoms with E-state index in [0.717, 1.165) is 28.6 Å². The summed E-state index contributed by atoms with van der Waals surface area (Å²) in [6, 6.07) is 3.75. The maximum Gasteiger partial charge on any atom is 0.155 e. The highest BCUT2D eigenvalue weighted by Crippen LogP contribution is 2.37. The number of halogens is 2. The average molecular weight is 357 g/mol. The number of aliphatic hydroxyl groups excluding tert-OH is 1. The molecular formula is C14H15BrClN3O. The fourth-order valence-corrected chi connectivity index (χ4v) is 3.28. The van der Waals surface area contributed by atoms with E-state index in [9.17, 15) is 5.11 Å². The third-order valence-corrected chi connectivity index (χ3v) is 4.64. The monoisotopic (exact) mass is 355 g/mol. The van der Waals surface area contributed by atoms with Gasteiger partial charge in [0.2, 0.25) is 0 Å². The molecule has 2 heterocycles. The molecule has 0 aliphatic heterocycles. The second-order valence-corrected chi connectivity index (χ2v) is 6.31. The first kappa shape index (κ1) is 14.0. The van der Waals surface area contributed by atoms with Gasteiger partial charge in [-0.25, -0.2) is 9.67 Å². The number of hydrogen-bond acceptors (Lipinski definition) is 3. The fourth-order valence-electron chi connectivity index (χ4n) is 2.76. The molecule has 1 aliphatic carbocycles. The molecule has 1 N–H and O–H groups in total. The van der Waals surface area contributed by atoms with Crippen molar-refractivity contribution in [3.8, 4) is 5.82 Å². The largest absolute Gasteiger partial charge is 0.391 e. The lowest BCUT2D eigenvalue weighted by Crippen LogP contribution is -2.01. The number of pyridine rings is 1. The molecule has 6 heteroatoms. The van der Waals surface area contributed by atoms with Gasteiger partial charge in [0.1, 0.15) is 5.15 Å². The molecule has 2 aromatic rings. The zero-order valence-electron chi connectivity index (χ0n) is 10.9. The summed E-state index contributed by atoms with van der Waals surface area (Å²) in [6.07, 6.45) is 6.39. The van der Waals surface area contributed by atoms with E-state index in [1.807, 2.05) is 12.1 Å². The van der Waals surface area contributed by atoms with E-state index < -0.39 is 0 Å². The number of nitrogens with zero attached hydrogens (tertiary/aromatic N) is 3. The van der Waals surface area contributed by atoms with Crippen LogP contribution in [0.1, 0.15) is 42.9 Å². The summed E-state index contributed by atoms with van der Waals surface area (Å²) in [4.78, 5) is 4.31. The van der Waals surface area contributed by atoms with Crippen LogP contribution in [0.4, 0.5) is 0 Å². The topological polar surface area (TPSA) is 50.9 Å². The highest BCUT2D eigenvalue weighted by Gasteiger charge is 2.26. The molecular weight excluding hydrogens is 342 g/mol. The van der Waals surface area contributed by atoms with Crippen LogP contribution in [0.15, 0.2) is 22.8 Å². The second kappa shape index (κ2) is 5.84. The normalized spacial score (nSPS) is 15.9. The lowest BCUT2D eigenvalue weighted by molar-refractivity contribution is 0.280. The highest BCUT2D eigenvalue weighted by molar-refractivity contribution is 9.10. The minimum Gasteiger partial charge on any atom is -0.391 e. The van der Waals surface area contributed by atoms with Gasteiger partial charge in [0.15, 0.2) is 5.82 Å². The lowest BCUT2D eigenvalue weighted by Gasteiger charge is -2.06. The van der Waals surface area contributed by atoms with Gasteiger partial charge >= 0.3 is 0 Å². The van der Waals surface area contributed by atoms with Gasteiger partial charge in [0.25, 0.3) is 0 Å². The molecule has 0 spiro atoms. The van der Waals surface area contributed by atoms with E-state index in [4.69, 9.17) is 11.6 Å². The molecule has 0 atom stereocenters. The van der Waals surface area contributed by atoms with Gasteiger partial charge < -0.3 is 5.11 Å². The quantitative estimate of drug-likeness (QED) is 0.909. The molecule has 20 heavy (non-hydrogen) atoms. The summed E-state index contributed by atoms with van der Waals surface area (Å²) < 4.78 is 2.52. The van der Waals surface area contributed by atoms with Crippen LogP contribution in [0.5, 0.6) is 0 Å². The zero-order valence-corrected chi connectivity index (χ0v) is 13.2. The summed E-state index contributed by atoms with van der Waals surface area (Å²) >= 11 is 9.73. The Hall–Kier alpha value is -0.910. The Morgan fingerprint density at radius 1 is 1.35 bits per heavy atom. The average Bonchev–Trinajstić information content (AvgIpc) is 3.07. The van der Waals surface area contributed by atoms with Crippen molar-refractivity contribution in [2.24, 2.45) is 0 Å². The summed E-state index contributed by atoms with van der Waals surface area (Å²) in [5.74, 6) is 1.07. The van der Waals surface area contributed by atoms with Gasteiger partial charge in [0, 0.05) is 22.2 Å². The van der Waals surface area contributed by atoms with E-state index in [-0.39, 0.29) is 6.61 Å². The zero-order chi connectivity index (χ0) is 14.1. The first-order valence-electron chi connectivity index (χ1n) is 6.70. The van der Waals surface area contributed by atoms with E-state index in [2.05, 4.69) is 26.0 Å². The predicted octanol–water partition coefficient (Wildman–Crippen LogP) is 3.83. The van der Waals surface area contributed by atoms with Crippen molar-refractivity contribution < 1.29 is 5.11 Å². The fraction of sp³-hybridized carbons (Fsp3) is 0.429. The molecule has 0 bridgehead atoms. The van der Waals surface area contributed by atoms with Gasteiger partial charge in [-0.1, -0.05) is 24.4 Å². The molecule has 4 nitrogen and oxygen atoms in total. The van der Waals surface area contributed by atoms with Crippen LogP contribution in [-0.4, -0.2) is 19.9 Å². The van der Waals surface area contributed by atoms with Crippen molar-refractivity contribution in [3.05, 3.63) is 39.2 Å². The molecule has 1 saturated carbocycles. The second-order valence-electron chi connectivity index (χ2n) is 5.04. The predicted molar refractivity (Wildman–Crippen MR) is 81.2 cm³/mol. The number of rotatable bonds is 3. The third-order valence-electron chi connectivity index (χ3n) is 3.78. The van der Waals surface area contributed by atoms with Crippen molar-refractivity contribution in [1.29, 1.82) is 0 Å². The van der Waals surface area contributed by atoms with Gasteiger partial charge in [-0.05, 0) is 40.9 Å². The van der Waals surface area contributed by atoms with E-state index in [1.165, 1.54) is 12.8 Å².